The Hall–Kier alpha value is -2.65. The van der Waals surface area contributed by atoms with E-state index in [-0.39, 0.29) is 5.91 Å². The average molecular weight is 471 g/mol. The molecule has 2 aromatic heterocycles. The van der Waals surface area contributed by atoms with Crippen LogP contribution in [-0.2, 0) is 22.5 Å². The van der Waals surface area contributed by atoms with Crippen LogP contribution in [0.5, 0.6) is 0 Å². The fourth-order valence-electron chi connectivity index (χ4n) is 3.36. The molecule has 3 aromatic rings. The molecular weight excluding hydrogens is 436 g/mol. The molecule has 1 aromatic carbocycles. The minimum atomic E-state index is 0.0643. The third-order valence-corrected chi connectivity index (χ3v) is 6.07. The van der Waals surface area contributed by atoms with E-state index in [2.05, 4.69) is 39.8 Å². The van der Waals surface area contributed by atoms with E-state index in [1.807, 2.05) is 29.8 Å². The zero-order valence-corrected chi connectivity index (χ0v) is 20.4. The molecule has 178 valence electrons. The molecule has 3 rings (SSSR count). The molecule has 0 atom stereocenters. The highest BCUT2D eigenvalue weighted by molar-refractivity contribution is 7.99. The van der Waals surface area contributed by atoms with Crippen molar-refractivity contribution in [3.05, 3.63) is 42.1 Å². The second-order valence-electron chi connectivity index (χ2n) is 7.62. The maximum absolute atomic E-state index is 12.2. The Labute approximate surface area is 199 Å². The van der Waals surface area contributed by atoms with Crippen LogP contribution in [0.4, 0.5) is 5.82 Å². The summed E-state index contributed by atoms with van der Waals surface area (Å²) in [5.41, 5.74) is 2.04. The summed E-state index contributed by atoms with van der Waals surface area (Å²) in [6.07, 6.45) is 5.10. The maximum atomic E-state index is 12.2. The lowest BCUT2D eigenvalue weighted by Crippen LogP contribution is -2.27. The number of amides is 1. The number of carbonyl (C=O) groups is 1. The van der Waals surface area contributed by atoms with E-state index in [4.69, 9.17) is 9.72 Å². The highest BCUT2D eigenvalue weighted by Gasteiger charge is 2.13. The minimum absolute atomic E-state index is 0.0643. The van der Waals surface area contributed by atoms with E-state index >= 15 is 0 Å². The molecule has 2 N–H and O–H groups in total. The number of aryl methyl sites for hydroxylation is 1. The Bertz CT molecular complexity index is 995. The number of thioether (sulfide) groups is 1. The predicted octanol–water partition coefficient (Wildman–Crippen LogP) is 3.92. The SMILES string of the molecule is CCCSc1nc(NCCOCC)c2cnn(CCNC(=O)CCCc3ccccc3)c2n1. The summed E-state index contributed by atoms with van der Waals surface area (Å²) >= 11 is 1.64. The minimum Gasteiger partial charge on any atom is -0.380 e. The molecule has 9 heteroatoms. The van der Waals surface area contributed by atoms with Gasteiger partial charge in [-0.25, -0.2) is 14.6 Å². The first-order valence-corrected chi connectivity index (χ1v) is 12.7. The van der Waals surface area contributed by atoms with Crippen molar-refractivity contribution in [2.75, 3.05) is 37.4 Å². The second-order valence-corrected chi connectivity index (χ2v) is 8.68. The van der Waals surface area contributed by atoms with Crippen molar-refractivity contribution in [2.24, 2.45) is 0 Å². The van der Waals surface area contributed by atoms with Crippen LogP contribution in [0.15, 0.2) is 41.7 Å². The van der Waals surface area contributed by atoms with Crippen LogP contribution in [0.1, 0.15) is 38.7 Å². The van der Waals surface area contributed by atoms with Gasteiger partial charge in [0.15, 0.2) is 10.8 Å². The fraction of sp³-hybridized carbons (Fsp3) is 0.500. The number of nitrogens with zero attached hydrogens (tertiary/aromatic N) is 4. The summed E-state index contributed by atoms with van der Waals surface area (Å²) in [6.45, 7) is 7.16. The number of fused-ring (bicyclic) bond motifs is 1. The zero-order chi connectivity index (χ0) is 23.3. The molecule has 0 spiro atoms. The van der Waals surface area contributed by atoms with Gasteiger partial charge < -0.3 is 15.4 Å². The molecule has 0 radical (unpaired) electrons. The van der Waals surface area contributed by atoms with E-state index < -0.39 is 0 Å². The summed E-state index contributed by atoms with van der Waals surface area (Å²) in [4.78, 5) is 21.6. The third kappa shape index (κ3) is 8.01. The monoisotopic (exact) mass is 470 g/mol. The van der Waals surface area contributed by atoms with Crippen LogP contribution < -0.4 is 10.6 Å². The molecule has 33 heavy (non-hydrogen) atoms. The predicted molar refractivity (Wildman–Crippen MR) is 134 cm³/mol. The quantitative estimate of drug-likeness (QED) is 0.198. The van der Waals surface area contributed by atoms with Gasteiger partial charge in [-0.1, -0.05) is 49.0 Å². The second kappa shape index (κ2) is 13.8. The van der Waals surface area contributed by atoms with Crippen molar-refractivity contribution in [3.63, 3.8) is 0 Å². The van der Waals surface area contributed by atoms with Gasteiger partial charge in [-0.15, -0.1) is 0 Å². The number of hydrogen-bond acceptors (Lipinski definition) is 7. The molecule has 2 heterocycles. The van der Waals surface area contributed by atoms with Gasteiger partial charge in [-0.2, -0.15) is 5.10 Å². The lowest BCUT2D eigenvalue weighted by molar-refractivity contribution is -0.121. The van der Waals surface area contributed by atoms with Crippen molar-refractivity contribution >= 4 is 34.5 Å². The lowest BCUT2D eigenvalue weighted by Gasteiger charge is -2.10. The molecule has 0 fully saturated rings. The topological polar surface area (TPSA) is 94.0 Å². The highest BCUT2D eigenvalue weighted by atomic mass is 32.2. The van der Waals surface area contributed by atoms with Gasteiger partial charge in [0.2, 0.25) is 5.91 Å². The normalized spacial score (nSPS) is 11.1. The molecule has 8 nitrogen and oxygen atoms in total. The first-order valence-electron chi connectivity index (χ1n) is 11.7. The number of carbonyl (C=O) groups excluding carboxylic acids is 1. The zero-order valence-electron chi connectivity index (χ0n) is 19.5. The summed E-state index contributed by atoms with van der Waals surface area (Å²) < 4.78 is 7.26. The van der Waals surface area contributed by atoms with Gasteiger partial charge in [0, 0.05) is 31.9 Å². The van der Waals surface area contributed by atoms with Crippen LogP contribution in [0.2, 0.25) is 0 Å². The highest BCUT2D eigenvalue weighted by Crippen LogP contribution is 2.24. The maximum Gasteiger partial charge on any atom is 0.220 e. The van der Waals surface area contributed by atoms with E-state index in [9.17, 15) is 4.79 Å². The molecule has 0 saturated carbocycles. The summed E-state index contributed by atoms with van der Waals surface area (Å²) in [5, 5.41) is 12.5. The van der Waals surface area contributed by atoms with Gasteiger partial charge >= 0.3 is 0 Å². The molecule has 0 bridgehead atoms. The molecule has 0 aliphatic heterocycles. The Morgan fingerprint density at radius 1 is 1.15 bits per heavy atom. The summed E-state index contributed by atoms with van der Waals surface area (Å²) in [5.74, 6) is 1.79. The lowest BCUT2D eigenvalue weighted by atomic mass is 10.1. The largest absolute Gasteiger partial charge is 0.380 e. The number of ether oxygens (including phenoxy) is 1. The van der Waals surface area contributed by atoms with Crippen molar-refractivity contribution in [3.8, 4) is 0 Å². The molecule has 1 amide bonds. The Kier molecular flexibility index (Phi) is 10.4. The smallest absolute Gasteiger partial charge is 0.220 e. The molecular formula is C24H34N6O2S. The Morgan fingerprint density at radius 3 is 2.79 bits per heavy atom. The number of nitrogens with one attached hydrogen (secondary N) is 2. The number of anilines is 1. The number of rotatable bonds is 15. The van der Waals surface area contributed by atoms with Crippen molar-refractivity contribution in [2.45, 2.75) is 51.2 Å². The van der Waals surface area contributed by atoms with E-state index in [0.717, 1.165) is 47.0 Å². The number of benzene rings is 1. The van der Waals surface area contributed by atoms with Crippen LogP contribution >= 0.6 is 11.8 Å². The summed E-state index contributed by atoms with van der Waals surface area (Å²) in [7, 11) is 0. The molecule has 0 aliphatic rings. The van der Waals surface area contributed by atoms with Gasteiger partial charge in [-0.3, -0.25) is 4.79 Å². The van der Waals surface area contributed by atoms with Gasteiger partial charge in [0.1, 0.15) is 5.82 Å². The number of aromatic nitrogens is 4. The van der Waals surface area contributed by atoms with Crippen LogP contribution in [0.25, 0.3) is 11.0 Å². The van der Waals surface area contributed by atoms with E-state index in [1.165, 1.54) is 5.56 Å². The standard InChI is InChI=1S/C24H34N6O2S/c1-3-17-33-24-28-22(26-14-16-32-4-2)20-18-27-30(23(20)29-24)15-13-25-21(31)12-8-11-19-9-6-5-7-10-19/h5-7,9-10,18H,3-4,8,11-17H2,1-2H3,(H,25,31)(H,26,28,29). The first kappa shape index (κ1) is 25.0. The Balaban J connectivity index is 1.56. The molecule has 0 unspecified atom stereocenters. The van der Waals surface area contributed by atoms with Crippen molar-refractivity contribution < 1.29 is 9.53 Å². The fourth-order valence-corrected chi connectivity index (χ4v) is 4.06. The van der Waals surface area contributed by atoms with Gasteiger partial charge in [-0.05, 0) is 31.7 Å². The van der Waals surface area contributed by atoms with E-state index in [1.54, 1.807) is 18.0 Å². The van der Waals surface area contributed by atoms with Crippen LogP contribution in [0, 0.1) is 0 Å². The summed E-state index contributed by atoms with van der Waals surface area (Å²) in [6, 6.07) is 10.2. The van der Waals surface area contributed by atoms with Crippen LogP contribution in [-0.4, -0.2) is 57.7 Å². The molecule has 0 aliphatic carbocycles. The Morgan fingerprint density at radius 2 is 2.00 bits per heavy atom. The number of hydrogen-bond donors (Lipinski definition) is 2. The van der Waals surface area contributed by atoms with Crippen LogP contribution in [0.3, 0.4) is 0 Å². The van der Waals surface area contributed by atoms with Crippen molar-refractivity contribution in [1.82, 2.24) is 25.1 Å². The van der Waals surface area contributed by atoms with Crippen molar-refractivity contribution in [1.29, 1.82) is 0 Å². The third-order valence-electron chi connectivity index (χ3n) is 5.01. The van der Waals surface area contributed by atoms with Gasteiger partial charge in [0.25, 0.3) is 0 Å². The first-order chi connectivity index (χ1) is 16.2. The van der Waals surface area contributed by atoms with E-state index in [0.29, 0.717) is 39.3 Å². The molecule has 0 saturated heterocycles. The average Bonchev–Trinajstić information content (AvgIpc) is 3.24. The van der Waals surface area contributed by atoms with Gasteiger partial charge in [0.05, 0.1) is 24.7 Å².